The molecular weight excluding hydrogens is 199 g/mol. The summed E-state index contributed by atoms with van der Waals surface area (Å²) in [6.45, 7) is 4.46. The van der Waals surface area contributed by atoms with Gasteiger partial charge in [0.15, 0.2) is 0 Å². The first-order chi connectivity index (χ1) is 6.59. The molecule has 2 unspecified atom stereocenters. The molecular formula is C10H21O3P. The molecule has 84 valence electrons. The Balaban J connectivity index is 2.54. The summed E-state index contributed by atoms with van der Waals surface area (Å²) in [6.07, 6.45) is 3.66. The van der Waals surface area contributed by atoms with Crippen molar-refractivity contribution in [2.24, 2.45) is 11.8 Å². The van der Waals surface area contributed by atoms with Crippen LogP contribution in [0.1, 0.15) is 26.7 Å². The summed E-state index contributed by atoms with van der Waals surface area (Å²) in [5, 5.41) is 8.65. The highest BCUT2D eigenvalue weighted by molar-refractivity contribution is 7.59. The van der Waals surface area contributed by atoms with Crippen LogP contribution in [-0.2, 0) is 9.09 Å². The molecule has 1 aliphatic heterocycles. The van der Waals surface area contributed by atoms with E-state index < -0.39 is 7.37 Å². The summed E-state index contributed by atoms with van der Waals surface area (Å²) in [5.41, 5.74) is 0. The lowest BCUT2D eigenvalue weighted by molar-refractivity contribution is 0.196. The molecule has 4 heteroatoms. The molecule has 1 heterocycles. The summed E-state index contributed by atoms with van der Waals surface area (Å²) in [5.74, 6) is 1.04. The van der Waals surface area contributed by atoms with E-state index in [2.05, 4.69) is 13.8 Å². The van der Waals surface area contributed by atoms with Gasteiger partial charge in [0.05, 0.1) is 13.2 Å². The van der Waals surface area contributed by atoms with Gasteiger partial charge in [0.1, 0.15) is 0 Å². The predicted molar refractivity (Wildman–Crippen MR) is 57.9 cm³/mol. The van der Waals surface area contributed by atoms with Crippen LogP contribution in [0, 0.1) is 11.8 Å². The Kier molecular flexibility index (Phi) is 4.62. The Bertz CT molecular complexity index is 217. The van der Waals surface area contributed by atoms with Gasteiger partial charge in [-0.2, -0.15) is 0 Å². The highest BCUT2D eigenvalue weighted by atomic mass is 31.2. The topological polar surface area (TPSA) is 46.5 Å². The second kappa shape index (κ2) is 5.29. The lowest BCUT2D eigenvalue weighted by atomic mass is 9.96. The molecule has 0 aromatic rings. The van der Waals surface area contributed by atoms with Crippen molar-refractivity contribution in [2.45, 2.75) is 26.7 Å². The first kappa shape index (κ1) is 12.2. The van der Waals surface area contributed by atoms with Crippen molar-refractivity contribution < 1.29 is 14.2 Å². The van der Waals surface area contributed by atoms with Gasteiger partial charge >= 0.3 is 0 Å². The van der Waals surface area contributed by atoms with Gasteiger partial charge in [0.25, 0.3) is 0 Å². The Morgan fingerprint density at radius 3 is 2.79 bits per heavy atom. The van der Waals surface area contributed by atoms with E-state index in [1.54, 1.807) is 0 Å². The molecule has 14 heavy (non-hydrogen) atoms. The van der Waals surface area contributed by atoms with Crippen LogP contribution in [0.15, 0.2) is 0 Å². The van der Waals surface area contributed by atoms with Crippen LogP contribution in [0.5, 0.6) is 0 Å². The minimum Gasteiger partial charge on any atom is -0.394 e. The van der Waals surface area contributed by atoms with Gasteiger partial charge in [0, 0.05) is 12.3 Å². The van der Waals surface area contributed by atoms with Crippen LogP contribution >= 0.6 is 7.37 Å². The maximum Gasteiger partial charge on any atom is 0.203 e. The smallest absolute Gasteiger partial charge is 0.203 e. The average molecular weight is 220 g/mol. The van der Waals surface area contributed by atoms with E-state index in [1.165, 1.54) is 6.42 Å². The zero-order valence-electron chi connectivity index (χ0n) is 9.11. The van der Waals surface area contributed by atoms with E-state index in [1.807, 2.05) is 0 Å². The maximum absolute atomic E-state index is 12.2. The quantitative estimate of drug-likeness (QED) is 0.740. The molecule has 0 aromatic carbocycles. The number of aliphatic hydroxyl groups excluding tert-OH is 1. The summed E-state index contributed by atoms with van der Waals surface area (Å²) < 4.78 is 17.6. The number of hydrogen-bond acceptors (Lipinski definition) is 3. The standard InChI is InChI=1S/C10H21O3P/c1-3-10-6-9(2)7-14(12,8-10)13-5-4-11/h9-11H,3-8H2,1-2H3/t9?,10-,14?/m1/s1. The second-order valence-electron chi connectivity index (χ2n) is 4.35. The molecule has 1 saturated heterocycles. The van der Waals surface area contributed by atoms with E-state index in [-0.39, 0.29) is 13.2 Å². The maximum atomic E-state index is 12.2. The highest BCUT2D eigenvalue weighted by Gasteiger charge is 2.34. The van der Waals surface area contributed by atoms with E-state index in [4.69, 9.17) is 9.63 Å². The Hall–Kier alpha value is 0.150. The van der Waals surface area contributed by atoms with Gasteiger partial charge in [-0.15, -0.1) is 0 Å². The Morgan fingerprint density at radius 2 is 2.21 bits per heavy atom. The molecule has 3 atom stereocenters. The monoisotopic (exact) mass is 220 g/mol. The molecule has 0 spiro atoms. The van der Waals surface area contributed by atoms with E-state index >= 15 is 0 Å². The molecule has 0 aliphatic carbocycles. The molecule has 0 amide bonds. The van der Waals surface area contributed by atoms with Gasteiger partial charge in [0.2, 0.25) is 7.37 Å². The van der Waals surface area contributed by atoms with E-state index in [0.29, 0.717) is 24.2 Å². The molecule has 0 bridgehead atoms. The zero-order chi connectivity index (χ0) is 10.6. The fourth-order valence-corrected chi connectivity index (χ4v) is 5.34. The third-order valence-electron chi connectivity index (χ3n) is 2.86. The van der Waals surface area contributed by atoms with Crippen LogP contribution in [-0.4, -0.2) is 30.6 Å². The van der Waals surface area contributed by atoms with E-state index in [9.17, 15) is 4.57 Å². The van der Waals surface area contributed by atoms with Gasteiger partial charge in [-0.1, -0.05) is 20.3 Å². The Labute approximate surface area is 86.3 Å². The van der Waals surface area contributed by atoms with Crippen LogP contribution in [0.2, 0.25) is 0 Å². The Morgan fingerprint density at radius 1 is 1.50 bits per heavy atom. The summed E-state index contributed by atoms with van der Waals surface area (Å²) >= 11 is 0. The van der Waals surface area contributed by atoms with Crippen molar-refractivity contribution in [1.82, 2.24) is 0 Å². The second-order valence-corrected chi connectivity index (χ2v) is 6.97. The van der Waals surface area contributed by atoms with Crippen LogP contribution < -0.4 is 0 Å². The molecule has 1 rings (SSSR count). The summed E-state index contributed by atoms with van der Waals surface area (Å²) in [6, 6.07) is 0. The first-order valence-corrected chi connectivity index (χ1v) is 7.42. The van der Waals surface area contributed by atoms with Crippen LogP contribution in [0.4, 0.5) is 0 Å². The predicted octanol–water partition coefficient (Wildman–Crippen LogP) is 2.34. The van der Waals surface area contributed by atoms with Gasteiger partial charge in [-0.3, -0.25) is 4.57 Å². The normalized spacial score (nSPS) is 38.5. The van der Waals surface area contributed by atoms with Crippen molar-refractivity contribution in [2.75, 3.05) is 25.5 Å². The van der Waals surface area contributed by atoms with Crippen molar-refractivity contribution in [3.05, 3.63) is 0 Å². The summed E-state index contributed by atoms with van der Waals surface area (Å²) in [4.78, 5) is 0. The largest absolute Gasteiger partial charge is 0.394 e. The lowest BCUT2D eigenvalue weighted by Crippen LogP contribution is -2.23. The lowest BCUT2D eigenvalue weighted by Gasteiger charge is -2.32. The fraction of sp³-hybridized carbons (Fsp3) is 1.00. The first-order valence-electron chi connectivity index (χ1n) is 5.43. The van der Waals surface area contributed by atoms with Gasteiger partial charge in [-0.05, 0) is 18.3 Å². The third-order valence-corrected chi connectivity index (χ3v) is 5.76. The van der Waals surface area contributed by atoms with Crippen molar-refractivity contribution >= 4 is 7.37 Å². The zero-order valence-corrected chi connectivity index (χ0v) is 10.0. The van der Waals surface area contributed by atoms with Crippen molar-refractivity contribution in [3.63, 3.8) is 0 Å². The number of hydrogen-bond donors (Lipinski definition) is 1. The van der Waals surface area contributed by atoms with Crippen molar-refractivity contribution in [1.29, 1.82) is 0 Å². The molecule has 3 nitrogen and oxygen atoms in total. The minimum atomic E-state index is -2.42. The van der Waals surface area contributed by atoms with Crippen LogP contribution in [0.3, 0.4) is 0 Å². The molecule has 0 radical (unpaired) electrons. The fourth-order valence-electron chi connectivity index (χ4n) is 2.27. The molecule has 1 fully saturated rings. The SMILES string of the molecule is CC[C@@H]1CC(C)CP(=O)(OCCO)C1. The van der Waals surface area contributed by atoms with Gasteiger partial charge in [-0.25, -0.2) is 0 Å². The van der Waals surface area contributed by atoms with E-state index in [0.717, 1.165) is 6.42 Å². The minimum absolute atomic E-state index is 0.0326. The van der Waals surface area contributed by atoms with Gasteiger partial charge < -0.3 is 9.63 Å². The average Bonchev–Trinajstić information content (AvgIpc) is 2.13. The molecule has 0 saturated carbocycles. The van der Waals surface area contributed by atoms with Crippen LogP contribution in [0.25, 0.3) is 0 Å². The number of rotatable bonds is 4. The molecule has 0 aromatic heterocycles. The molecule has 1 aliphatic rings. The van der Waals surface area contributed by atoms with Crippen molar-refractivity contribution in [3.8, 4) is 0 Å². The number of aliphatic hydroxyl groups is 1. The highest BCUT2D eigenvalue weighted by Crippen LogP contribution is 2.55. The third kappa shape index (κ3) is 3.38. The molecule has 1 N–H and O–H groups in total. The summed E-state index contributed by atoms with van der Waals surface area (Å²) in [7, 11) is -2.42.